The monoisotopic (exact) mass is 320 g/mol. The van der Waals surface area contributed by atoms with Crippen molar-refractivity contribution < 1.29 is 44.1 Å². The molecule has 4 saturated heterocycles. The number of aliphatic hydroxyl groups is 4. The maximum absolute atomic E-state index is 10.3. The Bertz CT molecular complexity index is 434. The van der Waals surface area contributed by atoms with Crippen molar-refractivity contribution in [2.45, 2.75) is 61.2 Å². The standard InChI is InChI=1S/C13H20O9/c14-4-13(11-8(16)6(21-13)3-19-11)22-12-9(17)10-7(15)5(20-12)1-2-18-10/h5-12,14-17H,1-4H2. The molecule has 0 aliphatic carbocycles. The van der Waals surface area contributed by atoms with E-state index in [1.165, 1.54) is 0 Å². The molecule has 0 aromatic heterocycles. The van der Waals surface area contributed by atoms with Crippen molar-refractivity contribution in [2.75, 3.05) is 19.8 Å². The minimum atomic E-state index is -1.59. The molecule has 4 N–H and O–H groups in total. The van der Waals surface area contributed by atoms with Crippen molar-refractivity contribution in [1.29, 1.82) is 0 Å². The van der Waals surface area contributed by atoms with Gasteiger partial charge in [-0.25, -0.2) is 0 Å². The van der Waals surface area contributed by atoms with Gasteiger partial charge in [-0.1, -0.05) is 0 Å². The normalized spacial score (nSPS) is 57.3. The molecule has 0 aromatic carbocycles. The van der Waals surface area contributed by atoms with E-state index in [1.807, 2.05) is 0 Å². The highest BCUT2D eigenvalue weighted by molar-refractivity contribution is 5.03. The maximum atomic E-state index is 10.3. The van der Waals surface area contributed by atoms with Crippen LogP contribution in [0, 0.1) is 0 Å². The zero-order valence-electron chi connectivity index (χ0n) is 11.8. The van der Waals surface area contributed by atoms with E-state index in [4.69, 9.17) is 23.7 Å². The van der Waals surface area contributed by atoms with Gasteiger partial charge >= 0.3 is 0 Å². The molecule has 0 aromatic rings. The van der Waals surface area contributed by atoms with E-state index in [0.29, 0.717) is 13.0 Å². The number of fused-ring (bicyclic) bond motifs is 4. The minimum absolute atomic E-state index is 0.220. The van der Waals surface area contributed by atoms with E-state index >= 15 is 0 Å². The first kappa shape index (κ1) is 15.2. The van der Waals surface area contributed by atoms with Gasteiger partial charge in [0.25, 0.3) is 0 Å². The molecule has 0 amide bonds. The molecule has 4 bridgehead atoms. The number of rotatable bonds is 3. The molecule has 0 radical (unpaired) electrons. The molecular formula is C13H20O9. The Labute approximate surface area is 126 Å². The Morgan fingerprint density at radius 3 is 2.50 bits per heavy atom. The van der Waals surface area contributed by atoms with Crippen LogP contribution in [-0.4, -0.2) is 95.1 Å². The fourth-order valence-electron chi connectivity index (χ4n) is 3.62. The smallest absolute Gasteiger partial charge is 0.224 e. The van der Waals surface area contributed by atoms with Crippen LogP contribution in [0.1, 0.15) is 6.42 Å². The largest absolute Gasteiger partial charge is 0.391 e. The summed E-state index contributed by atoms with van der Waals surface area (Å²) in [7, 11) is 0. The van der Waals surface area contributed by atoms with Gasteiger partial charge in [-0.05, 0) is 6.42 Å². The third-order valence-corrected chi connectivity index (χ3v) is 4.81. The Kier molecular flexibility index (Phi) is 3.68. The summed E-state index contributed by atoms with van der Waals surface area (Å²) in [6, 6.07) is 0. The highest BCUT2D eigenvalue weighted by Gasteiger charge is 2.63. The molecular weight excluding hydrogens is 300 g/mol. The third-order valence-electron chi connectivity index (χ3n) is 4.81. The predicted octanol–water partition coefficient (Wildman–Crippen LogP) is -2.91. The highest BCUT2D eigenvalue weighted by atomic mass is 16.8. The second kappa shape index (κ2) is 5.33. The van der Waals surface area contributed by atoms with Gasteiger partial charge in [0.05, 0.1) is 12.7 Å². The van der Waals surface area contributed by atoms with Gasteiger partial charge in [-0.3, -0.25) is 0 Å². The van der Waals surface area contributed by atoms with Crippen LogP contribution in [-0.2, 0) is 23.7 Å². The summed E-state index contributed by atoms with van der Waals surface area (Å²) in [5.74, 6) is -1.59. The van der Waals surface area contributed by atoms with Crippen LogP contribution in [0.5, 0.6) is 0 Å². The highest BCUT2D eigenvalue weighted by Crippen LogP contribution is 2.42. The van der Waals surface area contributed by atoms with E-state index in [0.717, 1.165) is 0 Å². The summed E-state index contributed by atoms with van der Waals surface area (Å²) in [6.07, 6.45) is -6.54. The second-order valence-electron chi connectivity index (χ2n) is 6.14. The van der Waals surface area contributed by atoms with Crippen LogP contribution in [0.15, 0.2) is 0 Å². The van der Waals surface area contributed by atoms with Crippen LogP contribution in [0.25, 0.3) is 0 Å². The SMILES string of the molecule is OCC1(OC2OC3CCOC(C3O)C2O)OC2COC1C2O. The first-order chi connectivity index (χ1) is 10.6. The van der Waals surface area contributed by atoms with Gasteiger partial charge in [0.1, 0.15) is 43.2 Å². The van der Waals surface area contributed by atoms with Crippen LogP contribution in [0.2, 0.25) is 0 Å². The maximum Gasteiger partial charge on any atom is 0.224 e. The van der Waals surface area contributed by atoms with E-state index in [2.05, 4.69) is 0 Å². The van der Waals surface area contributed by atoms with Crippen LogP contribution < -0.4 is 0 Å². The lowest BCUT2D eigenvalue weighted by atomic mass is 9.94. The number of hydrogen-bond donors (Lipinski definition) is 4. The van der Waals surface area contributed by atoms with Crippen molar-refractivity contribution >= 4 is 0 Å². The molecule has 9 atom stereocenters. The third kappa shape index (κ3) is 2.05. The minimum Gasteiger partial charge on any atom is -0.391 e. The van der Waals surface area contributed by atoms with Gasteiger partial charge in [0.15, 0.2) is 6.29 Å². The summed E-state index contributed by atoms with van der Waals surface area (Å²) in [5, 5.41) is 39.9. The van der Waals surface area contributed by atoms with Gasteiger partial charge in [-0.15, -0.1) is 0 Å². The molecule has 9 unspecified atom stereocenters. The van der Waals surface area contributed by atoms with Crippen molar-refractivity contribution in [3.8, 4) is 0 Å². The molecule has 4 rings (SSSR count). The lowest BCUT2D eigenvalue weighted by Crippen LogP contribution is -2.65. The number of hydrogen-bond acceptors (Lipinski definition) is 9. The molecule has 126 valence electrons. The molecule has 0 saturated carbocycles. The fraction of sp³-hybridized carbons (Fsp3) is 1.00. The van der Waals surface area contributed by atoms with Gasteiger partial charge < -0.3 is 44.1 Å². The summed E-state index contributed by atoms with van der Waals surface area (Å²) in [5.41, 5.74) is 0. The van der Waals surface area contributed by atoms with E-state index in [1.54, 1.807) is 0 Å². The Morgan fingerprint density at radius 2 is 1.86 bits per heavy atom. The quantitative estimate of drug-likeness (QED) is 0.432. The second-order valence-corrected chi connectivity index (χ2v) is 6.14. The summed E-state index contributed by atoms with van der Waals surface area (Å²) < 4.78 is 27.6. The van der Waals surface area contributed by atoms with Gasteiger partial charge in [0, 0.05) is 6.61 Å². The molecule has 9 heteroatoms. The average molecular weight is 320 g/mol. The molecule has 0 spiro atoms. The van der Waals surface area contributed by atoms with E-state index in [-0.39, 0.29) is 6.61 Å². The molecule has 22 heavy (non-hydrogen) atoms. The number of aliphatic hydroxyl groups excluding tert-OH is 4. The topological polar surface area (TPSA) is 127 Å². The van der Waals surface area contributed by atoms with Gasteiger partial charge in [0.2, 0.25) is 5.79 Å². The first-order valence-corrected chi connectivity index (χ1v) is 7.45. The van der Waals surface area contributed by atoms with Crippen molar-refractivity contribution in [2.24, 2.45) is 0 Å². The Hall–Kier alpha value is -0.360. The van der Waals surface area contributed by atoms with Crippen LogP contribution in [0.4, 0.5) is 0 Å². The summed E-state index contributed by atoms with van der Waals surface area (Å²) in [6.45, 7) is 0.0407. The van der Waals surface area contributed by atoms with Gasteiger partial charge in [-0.2, -0.15) is 0 Å². The predicted molar refractivity (Wildman–Crippen MR) is 66.6 cm³/mol. The zero-order chi connectivity index (χ0) is 15.5. The van der Waals surface area contributed by atoms with Crippen LogP contribution >= 0.6 is 0 Å². The molecule has 9 nitrogen and oxygen atoms in total. The number of ether oxygens (including phenoxy) is 5. The van der Waals surface area contributed by atoms with E-state index in [9.17, 15) is 20.4 Å². The Morgan fingerprint density at radius 1 is 1.05 bits per heavy atom. The van der Waals surface area contributed by atoms with Crippen LogP contribution in [0.3, 0.4) is 0 Å². The molecule has 4 heterocycles. The fourth-order valence-corrected chi connectivity index (χ4v) is 3.62. The summed E-state index contributed by atoms with van der Waals surface area (Å²) in [4.78, 5) is 0. The molecule has 4 fully saturated rings. The van der Waals surface area contributed by atoms with Crippen molar-refractivity contribution in [1.82, 2.24) is 0 Å². The van der Waals surface area contributed by atoms with E-state index < -0.39 is 61.4 Å². The average Bonchev–Trinajstić information content (AvgIpc) is 2.99. The first-order valence-electron chi connectivity index (χ1n) is 7.45. The summed E-state index contributed by atoms with van der Waals surface area (Å²) >= 11 is 0. The lowest BCUT2D eigenvalue weighted by molar-refractivity contribution is -0.403. The molecule has 4 aliphatic rings. The van der Waals surface area contributed by atoms with Crippen molar-refractivity contribution in [3.05, 3.63) is 0 Å². The lowest BCUT2D eigenvalue weighted by Gasteiger charge is -2.48. The van der Waals surface area contributed by atoms with Crippen molar-refractivity contribution in [3.63, 3.8) is 0 Å². The molecule has 4 aliphatic heterocycles. The zero-order valence-corrected chi connectivity index (χ0v) is 11.8. The Balaban J connectivity index is 1.53.